The molecule has 0 fully saturated rings. The van der Waals surface area contributed by atoms with Crippen LogP contribution in [0.4, 0.5) is 0 Å². The van der Waals surface area contributed by atoms with Gasteiger partial charge in [-0.3, -0.25) is 0 Å². The highest BCUT2D eigenvalue weighted by atomic mass is 14.7. The Labute approximate surface area is 106 Å². The number of nitrogens with zero attached hydrogens (tertiary/aromatic N) is 1. The van der Waals surface area contributed by atoms with E-state index in [1.54, 1.807) is 0 Å². The number of aromatic nitrogens is 1. The summed E-state index contributed by atoms with van der Waals surface area (Å²) in [4.78, 5) is 3.41. The first-order chi connectivity index (χ1) is 8.85. The second-order valence-electron chi connectivity index (χ2n) is 4.37. The fourth-order valence-corrected chi connectivity index (χ4v) is 2.15. The van der Waals surface area contributed by atoms with E-state index in [0.29, 0.717) is 5.56 Å². The Morgan fingerprint density at radius 2 is 1.78 bits per heavy atom. The minimum atomic E-state index is 0.704. The van der Waals surface area contributed by atoms with Crippen LogP contribution in [0.5, 0.6) is 0 Å². The van der Waals surface area contributed by atoms with Crippen molar-refractivity contribution in [1.29, 1.82) is 5.26 Å². The SMILES string of the molecule is N#Cc1ccc(Cc2cc3ccccc3[nH]2)cc1. The number of aromatic amines is 1. The van der Waals surface area contributed by atoms with E-state index in [9.17, 15) is 0 Å². The van der Waals surface area contributed by atoms with E-state index in [2.05, 4.69) is 29.3 Å². The van der Waals surface area contributed by atoms with Crippen LogP contribution in [0.3, 0.4) is 0 Å². The summed E-state index contributed by atoms with van der Waals surface area (Å²) in [6.45, 7) is 0. The van der Waals surface area contributed by atoms with Crippen LogP contribution in [0.15, 0.2) is 54.6 Å². The highest BCUT2D eigenvalue weighted by Crippen LogP contribution is 2.17. The van der Waals surface area contributed by atoms with Gasteiger partial charge in [-0.1, -0.05) is 30.3 Å². The van der Waals surface area contributed by atoms with Gasteiger partial charge in [0.05, 0.1) is 11.6 Å². The van der Waals surface area contributed by atoms with Crippen LogP contribution in [0, 0.1) is 11.3 Å². The van der Waals surface area contributed by atoms with E-state index in [0.717, 1.165) is 6.42 Å². The van der Waals surface area contributed by atoms with Gasteiger partial charge < -0.3 is 4.98 Å². The maximum absolute atomic E-state index is 8.76. The van der Waals surface area contributed by atoms with Gasteiger partial charge in [-0.05, 0) is 35.2 Å². The summed E-state index contributed by atoms with van der Waals surface area (Å²) in [5.74, 6) is 0. The standard InChI is InChI=1S/C16H12N2/c17-11-13-7-5-12(6-8-13)9-15-10-14-3-1-2-4-16(14)18-15/h1-8,10,18H,9H2. The predicted molar refractivity (Wildman–Crippen MR) is 72.3 cm³/mol. The summed E-state index contributed by atoms with van der Waals surface area (Å²) in [5.41, 5.74) is 4.28. The molecule has 18 heavy (non-hydrogen) atoms. The van der Waals surface area contributed by atoms with E-state index in [1.165, 1.54) is 22.2 Å². The zero-order chi connectivity index (χ0) is 12.4. The van der Waals surface area contributed by atoms with E-state index in [1.807, 2.05) is 36.4 Å². The average molecular weight is 232 g/mol. The van der Waals surface area contributed by atoms with Crippen molar-refractivity contribution >= 4 is 10.9 Å². The molecule has 0 saturated carbocycles. The van der Waals surface area contributed by atoms with E-state index < -0.39 is 0 Å². The molecule has 0 radical (unpaired) electrons. The molecule has 3 aromatic rings. The van der Waals surface area contributed by atoms with Gasteiger partial charge in [0, 0.05) is 17.6 Å². The van der Waals surface area contributed by atoms with Crippen molar-refractivity contribution in [3.8, 4) is 6.07 Å². The summed E-state index contributed by atoms with van der Waals surface area (Å²) in [5, 5.41) is 9.99. The molecule has 0 aliphatic rings. The third kappa shape index (κ3) is 1.99. The molecule has 0 atom stereocenters. The summed E-state index contributed by atoms with van der Waals surface area (Å²) >= 11 is 0. The molecule has 2 nitrogen and oxygen atoms in total. The van der Waals surface area contributed by atoms with Gasteiger partial charge in [0.1, 0.15) is 0 Å². The Balaban J connectivity index is 1.89. The topological polar surface area (TPSA) is 39.6 Å². The Hall–Kier alpha value is -2.53. The first kappa shape index (κ1) is 10.6. The van der Waals surface area contributed by atoms with Gasteiger partial charge in [-0.2, -0.15) is 5.26 Å². The zero-order valence-electron chi connectivity index (χ0n) is 9.85. The first-order valence-electron chi connectivity index (χ1n) is 5.91. The molecule has 3 rings (SSSR count). The minimum absolute atomic E-state index is 0.704. The fraction of sp³-hybridized carbons (Fsp3) is 0.0625. The number of nitriles is 1. The molecule has 0 spiro atoms. The van der Waals surface area contributed by atoms with Crippen molar-refractivity contribution < 1.29 is 0 Å². The molecule has 2 heteroatoms. The zero-order valence-corrected chi connectivity index (χ0v) is 9.85. The monoisotopic (exact) mass is 232 g/mol. The molecule has 86 valence electrons. The third-order valence-corrected chi connectivity index (χ3v) is 3.06. The molecule has 0 unspecified atom stereocenters. The van der Waals surface area contributed by atoms with Crippen LogP contribution in [-0.2, 0) is 6.42 Å². The van der Waals surface area contributed by atoms with Crippen LogP contribution in [0.2, 0.25) is 0 Å². The number of hydrogen-bond acceptors (Lipinski definition) is 1. The lowest BCUT2D eigenvalue weighted by Crippen LogP contribution is -1.88. The minimum Gasteiger partial charge on any atom is -0.358 e. The maximum atomic E-state index is 8.76. The number of rotatable bonds is 2. The van der Waals surface area contributed by atoms with Gasteiger partial charge in [0.25, 0.3) is 0 Å². The summed E-state index contributed by atoms with van der Waals surface area (Å²) < 4.78 is 0. The lowest BCUT2D eigenvalue weighted by molar-refractivity contribution is 1.12. The molecular weight excluding hydrogens is 220 g/mol. The lowest BCUT2D eigenvalue weighted by atomic mass is 10.1. The maximum Gasteiger partial charge on any atom is 0.0991 e. The van der Waals surface area contributed by atoms with Crippen LogP contribution < -0.4 is 0 Å². The van der Waals surface area contributed by atoms with Gasteiger partial charge >= 0.3 is 0 Å². The number of H-pyrrole nitrogens is 1. The fourth-order valence-electron chi connectivity index (χ4n) is 2.15. The van der Waals surface area contributed by atoms with Gasteiger partial charge in [-0.25, -0.2) is 0 Å². The average Bonchev–Trinajstić information content (AvgIpc) is 2.82. The summed E-state index contributed by atoms with van der Waals surface area (Å²) in [6, 6.07) is 20.3. The Morgan fingerprint density at radius 3 is 2.50 bits per heavy atom. The first-order valence-corrected chi connectivity index (χ1v) is 5.91. The van der Waals surface area contributed by atoms with E-state index >= 15 is 0 Å². The van der Waals surface area contributed by atoms with E-state index in [-0.39, 0.29) is 0 Å². The number of fused-ring (bicyclic) bond motifs is 1. The molecule has 0 aliphatic heterocycles. The second kappa shape index (κ2) is 4.38. The van der Waals surface area contributed by atoms with Crippen molar-refractivity contribution in [2.75, 3.05) is 0 Å². The van der Waals surface area contributed by atoms with E-state index in [4.69, 9.17) is 5.26 Å². The highest BCUT2D eigenvalue weighted by Gasteiger charge is 2.01. The van der Waals surface area contributed by atoms with Crippen molar-refractivity contribution in [2.45, 2.75) is 6.42 Å². The van der Waals surface area contributed by atoms with Crippen LogP contribution >= 0.6 is 0 Å². The molecule has 1 aromatic heterocycles. The Morgan fingerprint density at radius 1 is 1.00 bits per heavy atom. The molecule has 1 heterocycles. The molecule has 0 bridgehead atoms. The van der Waals surface area contributed by atoms with Crippen LogP contribution in [0.1, 0.15) is 16.8 Å². The summed E-state index contributed by atoms with van der Waals surface area (Å²) in [7, 11) is 0. The Kier molecular flexibility index (Phi) is 2.59. The molecular formula is C16H12N2. The van der Waals surface area contributed by atoms with Crippen LogP contribution in [0.25, 0.3) is 10.9 Å². The largest absolute Gasteiger partial charge is 0.358 e. The number of hydrogen-bond donors (Lipinski definition) is 1. The number of benzene rings is 2. The van der Waals surface area contributed by atoms with Crippen molar-refractivity contribution in [2.24, 2.45) is 0 Å². The normalized spacial score (nSPS) is 10.4. The van der Waals surface area contributed by atoms with Gasteiger partial charge in [0.2, 0.25) is 0 Å². The number of nitrogens with one attached hydrogen (secondary N) is 1. The predicted octanol–water partition coefficient (Wildman–Crippen LogP) is 3.63. The van der Waals surface area contributed by atoms with Gasteiger partial charge in [0.15, 0.2) is 0 Å². The molecule has 0 aliphatic carbocycles. The molecule has 0 amide bonds. The van der Waals surface area contributed by atoms with Crippen LogP contribution in [-0.4, -0.2) is 4.98 Å². The molecule has 0 saturated heterocycles. The highest BCUT2D eigenvalue weighted by molar-refractivity contribution is 5.80. The van der Waals surface area contributed by atoms with Crippen molar-refractivity contribution in [3.63, 3.8) is 0 Å². The van der Waals surface area contributed by atoms with Crippen molar-refractivity contribution in [3.05, 3.63) is 71.4 Å². The quantitative estimate of drug-likeness (QED) is 0.720. The summed E-state index contributed by atoms with van der Waals surface area (Å²) in [6.07, 6.45) is 0.861. The third-order valence-electron chi connectivity index (χ3n) is 3.06. The second-order valence-corrected chi connectivity index (χ2v) is 4.37. The number of para-hydroxylation sites is 1. The smallest absolute Gasteiger partial charge is 0.0991 e. The Bertz CT molecular complexity index is 682. The van der Waals surface area contributed by atoms with Gasteiger partial charge in [-0.15, -0.1) is 0 Å². The molecule has 1 N–H and O–H groups in total. The lowest BCUT2D eigenvalue weighted by Gasteiger charge is -1.98. The molecule has 2 aromatic carbocycles. The van der Waals surface area contributed by atoms with Crippen molar-refractivity contribution in [1.82, 2.24) is 4.98 Å².